The number of aryl methyl sites for hydroxylation is 1. The number of carbonyl (C=O) groups excluding carboxylic acids is 3. The van der Waals surface area contributed by atoms with Crippen molar-refractivity contribution in [3.63, 3.8) is 0 Å². The summed E-state index contributed by atoms with van der Waals surface area (Å²) in [5, 5.41) is 0.488. The van der Waals surface area contributed by atoms with Crippen molar-refractivity contribution < 1.29 is 28.6 Å². The van der Waals surface area contributed by atoms with Crippen LogP contribution in [0.1, 0.15) is 29.9 Å². The van der Waals surface area contributed by atoms with Crippen LogP contribution in [0.4, 0.5) is 5.95 Å². The van der Waals surface area contributed by atoms with Crippen molar-refractivity contribution in [2.75, 3.05) is 52.4 Å². The lowest BCUT2D eigenvalue weighted by Crippen LogP contribution is -2.49. The molecule has 246 valence electrons. The number of aliphatic imine (C=N–C) groups is 1. The fourth-order valence-corrected chi connectivity index (χ4v) is 6.73. The number of esters is 2. The molecule has 1 saturated heterocycles. The maximum atomic E-state index is 13.8. The Morgan fingerprint density at radius 1 is 0.851 bits per heavy atom. The number of hydrogen-bond acceptors (Lipinski definition) is 10. The molecule has 3 heterocycles. The van der Waals surface area contributed by atoms with Gasteiger partial charge in [-0.05, 0) is 48.2 Å². The van der Waals surface area contributed by atoms with E-state index < -0.39 is 23.8 Å². The molecule has 0 N–H and O–H groups in total. The van der Waals surface area contributed by atoms with Crippen LogP contribution in [-0.4, -0.2) is 85.9 Å². The molecule has 0 saturated carbocycles. The van der Waals surface area contributed by atoms with Gasteiger partial charge in [-0.3, -0.25) is 14.6 Å². The van der Waals surface area contributed by atoms with Gasteiger partial charge in [0.15, 0.2) is 0 Å². The number of benzene rings is 2. The quantitative estimate of drug-likeness (QED) is 0.275. The van der Waals surface area contributed by atoms with Gasteiger partial charge in [0.2, 0.25) is 11.9 Å². The first-order valence-electron chi connectivity index (χ1n) is 15.1. The predicted molar refractivity (Wildman–Crippen MR) is 178 cm³/mol. The number of hydrogen-bond donors (Lipinski definition) is 0. The Morgan fingerprint density at radius 2 is 1.53 bits per heavy atom. The Bertz CT molecular complexity index is 1670. The topological polar surface area (TPSA) is 124 Å². The van der Waals surface area contributed by atoms with E-state index in [1.54, 1.807) is 48.7 Å². The van der Waals surface area contributed by atoms with Crippen molar-refractivity contribution >= 4 is 52.7 Å². The molecule has 1 amide bonds. The molecule has 3 aromatic rings. The number of ether oxygens (including phenoxy) is 3. The predicted octanol–water partition coefficient (Wildman–Crippen LogP) is 4.92. The summed E-state index contributed by atoms with van der Waals surface area (Å²) in [5.74, 6) is -2.43. The lowest BCUT2D eigenvalue weighted by Gasteiger charge is -2.36. The van der Waals surface area contributed by atoms with Gasteiger partial charge in [0, 0.05) is 60.2 Å². The molecular formula is C34H35Cl2N5O6. The summed E-state index contributed by atoms with van der Waals surface area (Å²) in [5.41, 5.74) is 1.88. The van der Waals surface area contributed by atoms with E-state index in [9.17, 15) is 14.4 Å². The van der Waals surface area contributed by atoms with E-state index in [2.05, 4.69) is 9.97 Å². The zero-order chi connectivity index (χ0) is 33.5. The Kier molecular flexibility index (Phi) is 11.1. The number of anilines is 1. The Morgan fingerprint density at radius 3 is 2.17 bits per heavy atom. The number of carbonyl (C=O) groups is 3. The lowest BCUT2D eigenvalue weighted by atomic mass is 9.73. The van der Waals surface area contributed by atoms with Gasteiger partial charge in [-0.1, -0.05) is 47.5 Å². The summed E-state index contributed by atoms with van der Waals surface area (Å²) in [7, 11) is 4.09. The SMILES string of the molecule is COC(=O)C1=C(CC(=O)N2CCN(c3ncccn3)CC2)N=C(CCc2ccccc2OC)C(C(=O)OC)C1c1c(Cl)cccc1Cl. The molecule has 0 bridgehead atoms. The smallest absolute Gasteiger partial charge is 0.336 e. The summed E-state index contributed by atoms with van der Waals surface area (Å²) in [4.78, 5) is 58.3. The Balaban J connectivity index is 1.55. The van der Waals surface area contributed by atoms with Crippen molar-refractivity contribution in [3.05, 3.63) is 93.4 Å². The van der Waals surface area contributed by atoms with Gasteiger partial charge in [-0.25, -0.2) is 14.8 Å². The highest BCUT2D eigenvalue weighted by Gasteiger charge is 2.46. The summed E-state index contributed by atoms with van der Waals surface area (Å²) in [6.45, 7) is 1.92. The van der Waals surface area contributed by atoms with Crippen LogP contribution in [0.15, 0.2) is 77.2 Å². The number of para-hydroxylation sites is 1. The standard InChI is InChI=1S/C34H35Cl2N5O6/c1-45-26-11-5-4-8-21(26)12-13-24-29(32(43)46-2)31(28-22(35)9-6-10-23(28)36)30(33(44)47-3)25(39-24)20-27(42)40-16-18-41(19-17-40)34-37-14-7-15-38-34/h4-11,14-15,29,31H,12-13,16-20H2,1-3H3. The molecule has 2 aliphatic rings. The minimum Gasteiger partial charge on any atom is -0.496 e. The van der Waals surface area contributed by atoms with E-state index in [1.165, 1.54) is 14.2 Å². The fraction of sp³-hybridized carbons (Fsp3) is 0.353. The molecule has 5 rings (SSSR count). The highest BCUT2D eigenvalue weighted by molar-refractivity contribution is 6.36. The highest BCUT2D eigenvalue weighted by Crippen LogP contribution is 2.46. The van der Waals surface area contributed by atoms with Crippen LogP contribution in [0.2, 0.25) is 10.0 Å². The molecule has 13 heteroatoms. The number of aromatic nitrogens is 2. The largest absolute Gasteiger partial charge is 0.496 e. The number of methoxy groups -OCH3 is 3. The van der Waals surface area contributed by atoms with Crippen molar-refractivity contribution in [3.8, 4) is 5.75 Å². The first kappa shape index (κ1) is 33.9. The molecule has 47 heavy (non-hydrogen) atoms. The van der Waals surface area contributed by atoms with Gasteiger partial charge in [0.25, 0.3) is 0 Å². The molecule has 2 aliphatic heterocycles. The molecule has 11 nitrogen and oxygen atoms in total. The summed E-state index contributed by atoms with van der Waals surface area (Å²) in [6, 6.07) is 14.2. The average molecular weight is 681 g/mol. The molecule has 0 aliphatic carbocycles. The van der Waals surface area contributed by atoms with Gasteiger partial charge >= 0.3 is 11.9 Å². The average Bonchev–Trinajstić information content (AvgIpc) is 3.10. The zero-order valence-corrected chi connectivity index (χ0v) is 27.8. The van der Waals surface area contributed by atoms with Crippen LogP contribution >= 0.6 is 23.2 Å². The first-order valence-corrected chi connectivity index (χ1v) is 15.8. The molecule has 0 radical (unpaired) electrons. The summed E-state index contributed by atoms with van der Waals surface area (Å²) >= 11 is 13.5. The first-order chi connectivity index (χ1) is 22.8. The molecule has 0 spiro atoms. The van der Waals surface area contributed by atoms with Gasteiger partial charge < -0.3 is 24.0 Å². The van der Waals surface area contributed by atoms with Crippen molar-refractivity contribution in [1.29, 1.82) is 0 Å². The minimum atomic E-state index is -1.07. The van der Waals surface area contributed by atoms with Crippen LogP contribution < -0.4 is 9.64 Å². The monoisotopic (exact) mass is 679 g/mol. The second kappa shape index (κ2) is 15.4. The maximum Gasteiger partial charge on any atom is 0.336 e. The number of nitrogens with zero attached hydrogens (tertiary/aromatic N) is 5. The lowest BCUT2D eigenvalue weighted by molar-refractivity contribution is -0.143. The van der Waals surface area contributed by atoms with Gasteiger partial charge in [-0.2, -0.15) is 0 Å². The molecule has 2 atom stereocenters. The van der Waals surface area contributed by atoms with Crippen LogP contribution in [0.25, 0.3) is 0 Å². The molecule has 2 unspecified atom stereocenters. The van der Waals surface area contributed by atoms with Crippen LogP contribution in [-0.2, 0) is 30.3 Å². The van der Waals surface area contributed by atoms with E-state index in [0.29, 0.717) is 62.0 Å². The normalized spacial score (nSPS) is 18.0. The second-order valence-electron chi connectivity index (χ2n) is 11.0. The zero-order valence-electron chi connectivity index (χ0n) is 26.3. The third-order valence-electron chi connectivity index (χ3n) is 8.39. The highest BCUT2D eigenvalue weighted by atomic mass is 35.5. The van der Waals surface area contributed by atoms with Crippen LogP contribution in [0.3, 0.4) is 0 Å². The van der Waals surface area contributed by atoms with E-state index in [1.807, 2.05) is 29.2 Å². The number of amides is 1. The molecule has 2 aromatic carbocycles. The maximum absolute atomic E-state index is 13.8. The third-order valence-corrected chi connectivity index (χ3v) is 9.05. The van der Waals surface area contributed by atoms with E-state index in [0.717, 1.165) is 5.56 Å². The fourth-order valence-electron chi connectivity index (χ4n) is 6.10. The second-order valence-corrected chi connectivity index (χ2v) is 11.8. The number of rotatable bonds is 10. The molecule has 1 aromatic heterocycles. The van der Waals surface area contributed by atoms with Crippen molar-refractivity contribution in [1.82, 2.24) is 14.9 Å². The minimum absolute atomic E-state index is 0.0311. The Labute approximate surface area is 283 Å². The van der Waals surface area contributed by atoms with E-state index in [-0.39, 0.29) is 33.6 Å². The van der Waals surface area contributed by atoms with Gasteiger partial charge in [0.05, 0.1) is 39.0 Å². The van der Waals surface area contributed by atoms with E-state index >= 15 is 0 Å². The van der Waals surface area contributed by atoms with Crippen molar-refractivity contribution in [2.45, 2.75) is 25.2 Å². The van der Waals surface area contributed by atoms with Crippen molar-refractivity contribution in [2.24, 2.45) is 10.9 Å². The number of piperazine rings is 1. The third kappa shape index (κ3) is 7.41. The van der Waals surface area contributed by atoms with Crippen LogP contribution in [0.5, 0.6) is 5.75 Å². The van der Waals surface area contributed by atoms with Gasteiger partial charge in [-0.15, -0.1) is 0 Å². The molecule has 1 fully saturated rings. The van der Waals surface area contributed by atoms with Gasteiger partial charge in [0.1, 0.15) is 11.7 Å². The number of halogens is 2. The molecular weight excluding hydrogens is 645 g/mol. The Hall–Kier alpha value is -4.48. The van der Waals surface area contributed by atoms with E-state index in [4.69, 9.17) is 42.4 Å². The summed E-state index contributed by atoms with van der Waals surface area (Å²) in [6.07, 6.45) is 3.89. The summed E-state index contributed by atoms with van der Waals surface area (Å²) < 4.78 is 16.0. The van der Waals surface area contributed by atoms with Crippen LogP contribution in [0, 0.1) is 5.92 Å².